The van der Waals surface area contributed by atoms with Gasteiger partial charge in [-0.15, -0.1) is 0 Å². The van der Waals surface area contributed by atoms with E-state index in [0.717, 1.165) is 4.31 Å². The molecule has 0 unspecified atom stereocenters. The van der Waals surface area contributed by atoms with E-state index in [0.29, 0.717) is 31.2 Å². The molecule has 1 amide bonds. The molecule has 2 rings (SSSR count). The van der Waals surface area contributed by atoms with Crippen molar-refractivity contribution in [3.05, 3.63) is 53.6 Å². The number of sulfonamides is 1. The highest BCUT2D eigenvalue weighted by atomic mass is 35.5. The SMILES string of the molecule is CCOCCCNC(=O)CN(c1cc(Cl)ccc1OC)S(=O)(=O)c1ccccc1. The number of carbonyl (C=O) groups is 1. The number of carbonyl (C=O) groups excluding carboxylic acids is 1. The summed E-state index contributed by atoms with van der Waals surface area (Å²) in [5.41, 5.74) is 0.188. The Morgan fingerprint density at radius 2 is 1.90 bits per heavy atom. The van der Waals surface area contributed by atoms with Gasteiger partial charge < -0.3 is 14.8 Å². The smallest absolute Gasteiger partial charge is 0.264 e. The minimum atomic E-state index is -4.03. The van der Waals surface area contributed by atoms with Crippen molar-refractivity contribution in [1.82, 2.24) is 5.32 Å². The monoisotopic (exact) mass is 440 g/mol. The summed E-state index contributed by atoms with van der Waals surface area (Å²) >= 11 is 6.09. The van der Waals surface area contributed by atoms with Gasteiger partial charge in [-0.2, -0.15) is 0 Å². The fourth-order valence-corrected chi connectivity index (χ4v) is 4.22. The number of ether oxygens (including phenoxy) is 2. The summed E-state index contributed by atoms with van der Waals surface area (Å²) in [7, 11) is -2.60. The van der Waals surface area contributed by atoms with E-state index in [1.54, 1.807) is 30.3 Å². The first-order valence-corrected chi connectivity index (χ1v) is 11.0. The zero-order valence-electron chi connectivity index (χ0n) is 16.4. The number of nitrogens with one attached hydrogen (secondary N) is 1. The molecule has 0 atom stereocenters. The number of benzene rings is 2. The van der Waals surface area contributed by atoms with E-state index in [-0.39, 0.29) is 16.3 Å². The van der Waals surface area contributed by atoms with Crippen molar-refractivity contribution >= 4 is 33.2 Å². The van der Waals surface area contributed by atoms with Crippen LogP contribution < -0.4 is 14.4 Å². The van der Waals surface area contributed by atoms with Gasteiger partial charge in [0.15, 0.2) is 0 Å². The van der Waals surface area contributed by atoms with Crippen LogP contribution in [0.5, 0.6) is 5.75 Å². The third kappa shape index (κ3) is 6.35. The molecule has 0 saturated heterocycles. The van der Waals surface area contributed by atoms with Crippen LogP contribution in [0, 0.1) is 0 Å². The van der Waals surface area contributed by atoms with Crippen LogP contribution in [0.4, 0.5) is 5.69 Å². The summed E-state index contributed by atoms with van der Waals surface area (Å²) in [5, 5.41) is 3.04. The van der Waals surface area contributed by atoms with Crippen LogP contribution in [0.1, 0.15) is 13.3 Å². The Hall–Kier alpha value is -2.29. The maximum Gasteiger partial charge on any atom is 0.264 e. The average Bonchev–Trinajstić information content (AvgIpc) is 2.72. The molecule has 0 aromatic heterocycles. The van der Waals surface area contributed by atoms with Crippen molar-refractivity contribution in [2.75, 3.05) is 37.7 Å². The van der Waals surface area contributed by atoms with Crippen LogP contribution in [0.25, 0.3) is 0 Å². The number of hydrogen-bond donors (Lipinski definition) is 1. The molecule has 2 aromatic rings. The molecule has 1 N–H and O–H groups in total. The van der Waals surface area contributed by atoms with Crippen molar-refractivity contribution < 1.29 is 22.7 Å². The molecular formula is C20H25ClN2O5S. The maximum atomic E-state index is 13.3. The second-order valence-corrected chi connectivity index (χ2v) is 8.34. The van der Waals surface area contributed by atoms with Crippen molar-refractivity contribution in [2.45, 2.75) is 18.2 Å². The van der Waals surface area contributed by atoms with Crippen LogP contribution in [-0.4, -0.2) is 47.7 Å². The summed E-state index contributed by atoms with van der Waals surface area (Å²) in [5.74, 6) is -0.152. The molecule has 158 valence electrons. The Morgan fingerprint density at radius 1 is 1.17 bits per heavy atom. The lowest BCUT2D eigenvalue weighted by Crippen LogP contribution is -2.41. The van der Waals surface area contributed by atoms with Gasteiger partial charge >= 0.3 is 0 Å². The zero-order chi connectivity index (χ0) is 21.3. The lowest BCUT2D eigenvalue weighted by Gasteiger charge is -2.25. The predicted molar refractivity (Wildman–Crippen MR) is 113 cm³/mol. The van der Waals surface area contributed by atoms with Crippen molar-refractivity contribution in [3.8, 4) is 5.75 Å². The van der Waals surface area contributed by atoms with Crippen LogP contribution in [0.15, 0.2) is 53.4 Å². The summed E-state index contributed by atoms with van der Waals surface area (Å²) < 4.78 is 38.1. The van der Waals surface area contributed by atoms with E-state index in [4.69, 9.17) is 21.1 Å². The fourth-order valence-electron chi connectivity index (χ4n) is 2.61. The number of rotatable bonds is 11. The number of methoxy groups -OCH3 is 1. The molecule has 29 heavy (non-hydrogen) atoms. The van der Waals surface area contributed by atoms with Gasteiger partial charge in [0.1, 0.15) is 12.3 Å². The van der Waals surface area contributed by atoms with Gasteiger partial charge in [-0.25, -0.2) is 8.42 Å². The Morgan fingerprint density at radius 3 is 2.55 bits per heavy atom. The Kier molecular flexibility index (Phi) is 8.75. The molecule has 0 fully saturated rings. The van der Waals surface area contributed by atoms with Gasteiger partial charge in [-0.05, 0) is 43.7 Å². The van der Waals surface area contributed by atoms with Crippen molar-refractivity contribution in [3.63, 3.8) is 0 Å². The predicted octanol–water partition coefficient (Wildman–Crippen LogP) is 3.09. The molecule has 0 aliphatic rings. The highest BCUT2D eigenvalue weighted by Crippen LogP contribution is 2.34. The summed E-state index contributed by atoms with van der Waals surface area (Å²) in [6.45, 7) is 2.98. The van der Waals surface area contributed by atoms with Crippen LogP contribution in [-0.2, 0) is 19.6 Å². The first kappa shape index (κ1) is 23.0. The molecule has 0 heterocycles. The molecule has 0 radical (unpaired) electrons. The van der Waals surface area contributed by atoms with Crippen LogP contribution in [0.2, 0.25) is 5.02 Å². The van der Waals surface area contributed by atoms with E-state index in [1.807, 2.05) is 6.92 Å². The third-order valence-corrected chi connectivity index (χ3v) is 6.03. The average molecular weight is 441 g/mol. The fraction of sp³-hybridized carbons (Fsp3) is 0.350. The van der Waals surface area contributed by atoms with E-state index in [9.17, 15) is 13.2 Å². The van der Waals surface area contributed by atoms with Gasteiger partial charge in [0.2, 0.25) is 5.91 Å². The van der Waals surface area contributed by atoms with E-state index >= 15 is 0 Å². The molecule has 2 aromatic carbocycles. The summed E-state index contributed by atoms with van der Waals surface area (Å²) in [6.07, 6.45) is 0.630. The van der Waals surface area contributed by atoms with Crippen molar-refractivity contribution in [2.24, 2.45) is 0 Å². The highest BCUT2D eigenvalue weighted by Gasteiger charge is 2.29. The van der Waals surface area contributed by atoms with Gasteiger partial charge in [0.25, 0.3) is 10.0 Å². The molecule has 0 saturated carbocycles. The van der Waals surface area contributed by atoms with E-state index in [1.165, 1.54) is 25.3 Å². The highest BCUT2D eigenvalue weighted by molar-refractivity contribution is 7.92. The second kappa shape index (κ2) is 11.0. The largest absolute Gasteiger partial charge is 0.495 e. The Bertz CT molecular complexity index is 906. The van der Waals surface area contributed by atoms with Crippen molar-refractivity contribution in [1.29, 1.82) is 0 Å². The molecular weight excluding hydrogens is 416 g/mol. The third-order valence-electron chi connectivity index (χ3n) is 4.02. The zero-order valence-corrected chi connectivity index (χ0v) is 18.0. The molecule has 9 heteroatoms. The quantitative estimate of drug-likeness (QED) is 0.543. The minimum absolute atomic E-state index is 0.0613. The lowest BCUT2D eigenvalue weighted by atomic mass is 10.3. The standard InChI is InChI=1S/C20H25ClN2O5S/c1-3-28-13-7-12-22-20(24)15-23(18-14-16(21)10-11-19(18)27-2)29(25,26)17-8-5-4-6-9-17/h4-6,8-11,14H,3,7,12-13,15H2,1-2H3,(H,22,24). The molecule has 7 nitrogen and oxygen atoms in total. The first-order chi connectivity index (χ1) is 13.9. The molecule has 0 spiro atoms. The molecule has 0 bridgehead atoms. The van der Waals surface area contributed by atoms with Gasteiger partial charge in [-0.3, -0.25) is 9.10 Å². The molecule has 0 aliphatic heterocycles. The molecule has 0 aliphatic carbocycles. The number of amides is 1. The lowest BCUT2D eigenvalue weighted by molar-refractivity contribution is -0.119. The number of halogens is 1. The second-order valence-electron chi connectivity index (χ2n) is 6.04. The Labute approximate surface area is 176 Å². The first-order valence-electron chi connectivity index (χ1n) is 9.16. The Balaban J connectivity index is 2.32. The van der Waals surface area contributed by atoms with Crippen LogP contribution >= 0.6 is 11.6 Å². The van der Waals surface area contributed by atoms with Crippen LogP contribution in [0.3, 0.4) is 0 Å². The number of anilines is 1. The topological polar surface area (TPSA) is 84.9 Å². The maximum absolute atomic E-state index is 13.3. The van der Waals surface area contributed by atoms with Gasteiger partial charge in [-0.1, -0.05) is 29.8 Å². The van der Waals surface area contributed by atoms with Gasteiger partial charge in [0.05, 0.1) is 17.7 Å². The number of hydrogen-bond acceptors (Lipinski definition) is 5. The van der Waals surface area contributed by atoms with E-state index in [2.05, 4.69) is 5.32 Å². The van der Waals surface area contributed by atoms with E-state index < -0.39 is 22.5 Å². The summed E-state index contributed by atoms with van der Waals surface area (Å²) in [6, 6.07) is 12.5. The normalized spacial score (nSPS) is 11.1. The number of nitrogens with zero attached hydrogens (tertiary/aromatic N) is 1. The minimum Gasteiger partial charge on any atom is -0.495 e. The van der Waals surface area contributed by atoms with Gasteiger partial charge in [0, 0.05) is 24.8 Å². The summed E-state index contributed by atoms with van der Waals surface area (Å²) in [4.78, 5) is 12.6.